The fraction of sp³-hybridized carbons (Fsp3) is 0.750. The number of aryl methyl sites for hydroxylation is 1. The maximum Gasteiger partial charge on any atom is 0.272 e. The number of hydrogen-bond acceptors (Lipinski definition) is 4. The number of ether oxygens (including phenoxy) is 1. The number of carbonyl (C=O) groups excluding carboxylic acids is 2. The maximum atomic E-state index is 12.7. The second-order valence-electron chi connectivity index (χ2n) is 8.43. The van der Waals surface area contributed by atoms with Gasteiger partial charge in [-0.2, -0.15) is 0 Å². The third kappa shape index (κ3) is 4.18. The number of amides is 2. The average Bonchev–Trinajstić information content (AvgIpc) is 3.43. The number of likely N-dealkylation sites (tertiary alicyclic amines) is 1. The van der Waals surface area contributed by atoms with Gasteiger partial charge in [0, 0.05) is 39.2 Å². The van der Waals surface area contributed by atoms with Crippen LogP contribution in [0, 0.1) is 11.8 Å². The minimum absolute atomic E-state index is 0.0556. The molecule has 0 aromatic carbocycles. The van der Waals surface area contributed by atoms with Gasteiger partial charge in [-0.15, -0.1) is 0 Å². The molecule has 2 amide bonds. The highest BCUT2D eigenvalue weighted by Gasteiger charge is 2.41. The van der Waals surface area contributed by atoms with E-state index in [0.29, 0.717) is 11.6 Å². The van der Waals surface area contributed by atoms with Gasteiger partial charge in [-0.25, -0.2) is 4.98 Å². The molecular weight excluding hydrogens is 344 g/mol. The van der Waals surface area contributed by atoms with Crippen LogP contribution in [-0.2, 0) is 16.6 Å². The Morgan fingerprint density at radius 3 is 2.74 bits per heavy atom. The molecule has 1 spiro atoms. The zero-order valence-electron chi connectivity index (χ0n) is 16.2. The van der Waals surface area contributed by atoms with Crippen molar-refractivity contribution in [2.75, 3.05) is 26.2 Å². The molecule has 27 heavy (non-hydrogen) atoms. The Bertz CT molecular complexity index is 689. The molecule has 3 fully saturated rings. The van der Waals surface area contributed by atoms with Gasteiger partial charge in [0.2, 0.25) is 5.91 Å². The summed E-state index contributed by atoms with van der Waals surface area (Å²) in [7, 11) is 1.85. The van der Waals surface area contributed by atoms with Crippen molar-refractivity contribution in [3.05, 3.63) is 18.2 Å². The highest BCUT2D eigenvalue weighted by Crippen LogP contribution is 2.39. The van der Waals surface area contributed by atoms with Gasteiger partial charge in [-0.05, 0) is 50.9 Å². The van der Waals surface area contributed by atoms with Gasteiger partial charge in [0.1, 0.15) is 5.69 Å². The Kier molecular flexibility index (Phi) is 5.21. The maximum absolute atomic E-state index is 12.7. The number of nitrogens with zero attached hydrogens (tertiary/aromatic N) is 3. The first-order valence-electron chi connectivity index (χ1n) is 10.2. The summed E-state index contributed by atoms with van der Waals surface area (Å²) in [5.41, 5.74) is 0.548. The molecule has 3 heterocycles. The van der Waals surface area contributed by atoms with Gasteiger partial charge in [0.15, 0.2) is 0 Å². The largest absolute Gasteiger partial charge is 0.375 e. The SMILES string of the molecule is Cn1cncc1C(=O)N1CCC2(CC1)CC(CCNC(=O)C1CC1)CCO2. The van der Waals surface area contributed by atoms with Crippen molar-refractivity contribution < 1.29 is 14.3 Å². The van der Waals surface area contributed by atoms with Crippen LogP contribution in [-0.4, -0.2) is 58.1 Å². The van der Waals surface area contributed by atoms with Crippen LogP contribution in [0.5, 0.6) is 0 Å². The number of rotatable bonds is 5. The third-order valence-electron chi connectivity index (χ3n) is 6.39. The van der Waals surface area contributed by atoms with Gasteiger partial charge in [0.25, 0.3) is 5.91 Å². The monoisotopic (exact) mass is 374 g/mol. The van der Waals surface area contributed by atoms with E-state index < -0.39 is 0 Å². The first kappa shape index (κ1) is 18.5. The Morgan fingerprint density at radius 2 is 2.07 bits per heavy atom. The van der Waals surface area contributed by atoms with Crippen LogP contribution >= 0.6 is 0 Å². The molecule has 7 heteroatoms. The first-order valence-corrected chi connectivity index (χ1v) is 10.2. The molecule has 1 unspecified atom stereocenters. The van der Waals surface area contributed by atoms with Gasteiger partial charge >= 0.3 is 0 Å². The molecule has 0 radical (unpaired) electrons. The van der Waals surface area contributed by atoms with E-state index >= 15 is 0 Å². The Hall–Kier alpha value is -1.89. The molecule has 148 valence electrons. The van der Waals surface area contributed by atoms with Crippen LogP contribution in [0.4, 0.5) is 0 Å². The van der Waals surface area contributed by atoms with Crippen molar-refractivity contribution in [2.45, 2.75) is 50.5 Å². The van der Waals surface area contributed by atoms with Crippen molar-refractivity contribution in [1.82, 2.24) is 19.8 Å². The Balaban J connectivity index is 1.26. The Morgan fingerprint density at radius 1 is 1.30 bits per heavy atom. The van der Waals surface area contributed by atoms with Crippen LogP contribution in [0.25, 0.3) is 0 Å². The summed E-state index contributed by atoms with van der Waals surface area (Å²) in [6.45, 7) is 3.03. The summed E-state index contributed by atoms with van der Waals surface area (Å²) in [5.74, 6) is 1.17. The van der Waals surface area contributed by atoms with Crippen molar-refractivity contribution >= 4 is 11.8 Å². The lowest BCUT2D eigenvalue weighted by Gasteiger charge is -2.46. The highest BCUT2D eigenvalue weighted by atomic mass is 16.5. The number of hydrogen-bond donors (Lipinski definition) is 1. The predicted octanol–water partition coefficient (Wildman–Crippen LogP) is 1.74. The summed E-state index contributed by atoms with van der Waals surface area (Å²) in [6, 6.07) is 0. The normalized spacial score (nSPS) is 24.8. The molecule has 1 saturated carbocycles. The van der Waals surface area contributed by atoms with Crippen molar-refractivity contribution in [2.24, 2.45) is 18.9 Å². The molecular formula is C20H30N4O3. The minimum Gasteiger partial charge on any atom is -0.375 e. The second-order valence-corrected chi connectivity index (χ2v) is 8.43. The third-order valence-corrected chi connectivity index (χ3v) is 6.39. The number of carbonyl (C=O) groups is 2. The average molecular weight is 374 g/mol. The molecule has 1 N–H and O–H groups in total. The predicted molar refractivity (Wildman–Crippen MR) is 100 cm³/mol. The van der Waals surface area contributed by atoms with Crippen LogP contribution < -0.4 is 5.32 Å². The fourth-order valence-corrected chi connectivity index (χ4v) is 4.46. The van der Waals surface area contributed by atoms with Crippen molar-refractivity contribution in [3.63, 3.8) is 0 Å². The zero-order valence-corrected chi connectivity index (χ0v) is 16.2. The van der Waals surface area contributed by atoms with E-state index in [-0.39, 0.29) is 23.3 Å². The fourth-order valence-electron chi connectivity index (χ4n) is 4.46. The molecule has 7 nitrogen and oxygen atoms in total. The lowest BCUT2D eigenvalue weighted by molar-refractivity contribution is -0.125. The van der Waals surface area contributed by atoms with E-state index in [0.717, 1.165) is 71.2 Å². The van der Waals surface area contributed by atoms with E-state index in [2.05, 4.69) is 10.3 Å². The van der Waals surface area contributed by atoms with Crippen LogP contribution in [0.2, 0.25) is 0 Å². The zero-order chi connectivity index (χ0) is 18.9. The molecule has 1 atom stereocenters. The smallest absolute Gasteiger partial charge is 0.272 e. The van der Waals surface area contributed by atoms with Gasteiger partial charge in [0.05, 0.1) is 18.1 Å². The van der Waals surface area contributed by atoms with Crippen LogP contribution in [0.1, 0.15) is 55.4 Å². The van der Waals surface area contributed by atoms with Gasteiger partial charge < -0.3 is 19.5 Å². The molecule has 1 aromatic heterocycles. The van der Waals surface area contributed by atoms with Gasteiger partial charge in [-0.3, -0.25) is 9.59 Å². The molecule has 4 rings (SSSR count). The summed E-state index contributed by atoms with van der Waals surface area (Å²) in [6.07, 6.45) is 10.3. The number of aromatic nitrogens is 2. The summed E-state index contributed by atoms with van der Waals surface area (Å²) in [5, 5.41) is 3.09. The molecule has 1 aromatic rings. The lowest BCUT2D eigenvalue weighted by Crippen LogP contribution is -2.51. The molecule has 2 saturated heterocycles. The summed E-state index contributed by atoms with van der Waals surface area (Å²) >= 11 is 0. The standard InChI is InChI=1S/C20H30N4O3/c1-23-14-21-13-17(23)19(26)24-9-6-20(7-10-24)12-15(5-11-27-20)4-8-22-18(25)16-2-3-16/h13-16H,2-12H2,1H3,(H,22,25). The second kappa shape index (κ2) is 7.62. The van der Waals surface area contributed by atoms with Gasteiger partial charge in [-0.1, -0.05) is 0 Å². The summed E-state index contributed by atoms with van der Waals surface area (Å²) in [4.78, 5) is 30.4. The Labute approximate surface area is 160 Å². The number of imidazole rings is 1. The van der Waals surface area contributed by atoms with E-state index in [9.17, 15) is 9.59 Å². The number of nitrogens with one attached hydrogen (secondary N) is 1. The molecule has 0 bridgehead atoms. The molecule has 1 aliphatic carbocycles. The lowest BCUT2D eigenvalue weighted by atomic mass is 9.78. The highest BCUT2D eigenvalue weighted by molar-refractivity contribution is 5.92. The quantitative estimate of drug-likeness (QED) is 0.852. The van der Waals surface area contributed by atoms with E-state index in [1.807, 2.05) is 11.9 Å². The summed E-state index contributed by atoms with van der Waals surface area (Å²) < 4.78 is 7.99. The first-order chi connectivity index (χ1) is 13.1. The van der Waals surface area contributed by atoms with E-state index in [4.69, 9.17) is 4.74 Å². The van der Waals surface area contributed by atoms with Crippen molar-refractivity contribution in [1.29, 1.82) is 0 Å². The molecule has 3 aliphatic rings. The van der Waals surface area contributed by atoms with E-state index in [1.165, 1.54) is 0 Å². The minimum atomic E-state index is -0.0906. The van der Waals surface area contributed by atoms with E-state index in [1.54, 1.807) is 17.1 Å². The molecule has 2 aliphatic heterocycles. The topological polar surface area (TPSA) is 76.5 Å². The van der Waals surface area contributed by atoms with Crippen LogP contribution in [0.15, 0.2) is 12.5 Å². The van der Waals surface area contributed by atoms with Crippen molar-refractivity contribution in [3.8, 4) is 0 Å². The van der Waals surface area contributed by atoms with Crippen LogP contribution in [0.3, 0.4) is 0 Å². The number of piperidine rings is 1.